The van der Waals surface area contributed by atoms with Crippen LogP contribution in [-0.4, -0.2) is 33.7 Å². The summed E-state index contributed by atoms with van der Waals surface area (Å²) >= 11 is 0. The second-order valence-electron chi connectivity index (χ2n) is 4.31. The van der Waals surface area contributed by atoms with Crippen LogP contribution in [0.2, 0.25) is 0 Å². The lowest BCUT2D eigenvalue weighted by atomic mass is 10.1. The number of carbonyl (C=O) groups excluding carboxylic acids is 1. The molecule has 0 aliphatic carbocycles. The summed E-state index contributed by atoms with van der Waals surface area (Å²) in [6.07, 6.45) is 6.85. The number of hydrogen-bond donors (Lipinski definition) is 1. The van der Waals surface area contributed by atoms with Crippen LogP contribution in [0.25, 0.3) is 0 Å². The molecule has 2 N–H and O–H groups in total. The van der Waals surface area contributed by atoms with E-state index < -0.39 is 6.04 Å². The van der Waals surface area contributed by atoms with Gasteiger partial charge in [-0.1, -0.05) is 0 Å². The molecule has 1 unspecified atom stereocenters. The second-order valence-corrected chi connectivity index (χ2v) is 4.31. The third-order valence-corrected chi connectivity index (χ3v) is 3.02. The summed E-state index contributed by atoms with van der Waals surface area (Å²) in [5.41, 5.74) is 6.73. The van der Waals surface area contributed by atoms with Gasteiger partial charge in [-0.3, -0.25) is 9.48 Å². The van der Waals surface area contributed by atoms with Gasteiger partial charge < -0.3 is 10.6 Å². The van der Waals surface area contributed by atoms with Crippen LogP contribution < -0.4 is 5.73 Å². The summed E-state index contributed by atoms with van der Waals surface area (Å²) in [6, 6.07) is -0.563. The van der Waals surface area contributed by atoms with Crippen molar-refractivity contribution in [1.82, 2.24) is 14.7 Å². The van der Waals surface area contributed by atoms with Gasteiger partial charge in [-0.2, -0.15) is 5.10 Å². The number of aromatic nitrogens is 2. The first kappa shape index (κ1) is 11.1. The average Bonchev–Trinajstić information content (AvgIpc) is 2.75. The minimum Gasteiger partial charge on any atom is -0.341 e. The van der Waals surface area contributed by atoms with Gasteiger partial charge in [0.05, 0.1) is 6.20 Å². The zero-order valence-electron chi connectivity index (χ0n) is 9.59. The molecule has 5 nitrogen and oxygen atoms in total. The first-order valence-electron chi connectivity index (χ1n) is 5.71. The molecule has 1 aromatic heterocycles. The van der Waals surface area contributed by atoms with Crippen molar-refractivity contribution < 1.29 is 4.79 Å². The largest absolute Gasteiger partial charge is 0.341 e. The lowest BCUT2D eigenvalue weighted by molar-refractivity contribution is -0.133. The number of nitrogens with two attached hydrogens (primary N) is 1. The molecule has 1 saturated heterocycles. The maximum atomic E-state index is 12.1. The highest BCUT2D eigenvalue weighted by Crippen LogP contribution is 2.16. The van der Waals surface area contributed by atoms with Gasteiger partial charge >= 0.3 is 0 Å². The summed E-state index contributed by atoms with van der Waals surface area (Å²) < 4.78 is 1.67. The van der Waals surface area contributed by atoms with Crippen LogP contribution in [0.15, 0.2) is 12.4 Å². The van der Waals surface area contributed by atoms with Crippen LogP contribution in [0.5, 0.6) is 0 Å². The smallest absolute Gasteiger partial charge is 0.244 e. The fraction of sp³-hybridized carbons (Fsp3) is 0.636. The minimum atomic E-state index is -0.563. The van der Waals surface area contributed by atoms with Crippen molar-refractivity contribution in [3.63, 3.8) is 0 Å². The van der Waals surface area contributed by atoms with Gasteiger partial charge in [0.2, 0.25) is 5.91 Å². The SMILES string of the molecule is Cn1cc(C(N)C(=O)N2CCCCC2)cn1. The summed E-state index contributed by atoms with van der Waals surface area (Å²) in [5, 5.41) is 4.03. The van der Waals surface area contributed by atoms with Crippen molar-refractivity contribution in [3.05, 3.63) is 18.0 Å². The lowest BCUT2D eigenvalue weighted by Gasteiger charge is -2.28. The van der Waals surface area contributed by atoms with E-state index in [0.717, 1.165) is 31.5 Å². The van der Waals surface area contributed by atoms with Crippen molar-refractivity contribution in [1.29, 1.82) is 0 Å². The molecule has 2 heterocycles. The molecular formula is C11H18N4O. The zero-order chi connectivity index (χ0) is 11.5. The van der Waals surface area contributed by atoms with Crippen LogP contribution >= 0.6 is 0 Å². The molecule has 88 valence electrons. The quantitative estimate of drug-likeness (QED) is 0.789. The maximum absolute atomic E-state index is 12.1. The van der Waals surface area contributed by atoms with E-state index >= 15 is 0 Å². The Labute approximate surface area is 95.2 Å². The van der Waals surface area contributed by atoms with Crippen molar-refractivity contribution >= 4 is 5.91 Å². The van der Waals surface area contributed by atoms with E-state index in [2.05, 4.69) is 5.10 Å². The molecule has 0 bridgehead atoms. The predicted molar refractivity (Wildman–Crippen MR) is 60.6 cm³/mol. The topological polar surface area (TPSA) is 64.2 Å². The molecule has 0 radical (unpaired) electrons. The molecule has 1 aromatic rings. The van der Waals surface area contributed by atoms with Gasteiger partial charge in [0.15, 0.2) is 0 Å². The first-order chi connectivity index (χ1) is 7.68. The molecule has 0 saturated carbocycles. The highest BCUT2D eigenvalue weighted by Gasteiger charge is 2.24. The number of nitrogens with zero attached hydrogens (tertiary/aromatic N) is 3. The lowest BCUT2D eigenvalue weighted by Crippen LogP contribution is -2.41. The van der Waals surface area contributed by atoms with Gasteiger partial charge in [0, 0.05) is 31.9 Å². The molecule has 1 fully saturated rings. The van der Waals surface area contributed by atoms with Gasteiger partial charge in [-0.15, -0.1) is 0 Å². The molecular weight excluding hydrogens is 204 g/mol. The van der Waals surface area contributed by atoms with Crippen molar-refractivity contribution in [3.8, 4) is 0 Å². The van der Waals surface area contributed by atoms with E-state index in [0.29, 0.717) is 0 Å². The second kappa shape index (κ2) is 4.65. The number of likely N-dealkylation sites (tertiary alicyclic amines) is 1. The van der Waals surface area contributed by atoms with Crippen LogP contribution in [0, 0.1) is 0 Å². The maximum Gasteiger partial charge on any atom is 0.244 e. The minimum absolute atomic E-state index is 0.0210. The highest BCUT2D eigenvalue weighted by atomic mass is 16.2. The van der Waals surface area contributed by atoms with Gasteiger partial charge in [0.25, 0.3) is 0 Å². The Morgan fingerprint density at radius 3 is 2.69 bits per heavy atom. The van der Waals surface area contributed by atoms with Crippen LogP contribution in [0.1, 0.15) is 30.9 Å². The summed E-state index contributed by atoms with van der Waals surface area (Å²) in [5.74, 6) is 0.0210. The number of rotatable bonds is 2. The molecule has 0 spiro atoms. The molecule has 16 heavy (non-hydrogen) atoms. The Balaban J connectivity index is 2.03. The summed E-state index contributed by atoms with van der Waals surface area (Å²) in [4.78, 5) is 13.9. The Bertz CT molecular complexity index is 368. The third kappa shape index (κ3) is 2.24. The van der Waals surface area contributed by atoms with Crippen molar-refractivity contribution in [2.24, 2.45) is 12.8 Å². The molecule has 1 aliphatic heterocycles. The highest BCUT2D eigenvalue weighted by molar-refractivity contribution is 5.83. The Hall–Kier alpha value is -1.36. The molecule has 1 amide bonds. The normalized spacial score (nSPS) is 18.5. The molecule has 5 heteroatoms. The van der Waals surface area contributed by atoms with Gasteiger partial charge in [0.1, 0.15) is 6.04 Å². The number of piperidine rings is 1. The summed E-state index contributed by atoms with van der Waals surface area (Å²) in [6.45, 7) is 1.68. The van der Waals surface area contributed by atoms with Crippen LogP contribution in [0.4, 0.5) is 0 Å². The first-order valence-corrected chi connectivity index (χ1v) is 5.71. The molecule has 2 rings (SSSR count). The van der Waals surface area contributed by atoms with E-state index in [1.165, 1.54) is 6.42 Å². The Morgan fingerprint density at radius 2 is 2.12 bits per heavy atom. The summed E-state index contributed by atoms with van der Waals surface area (Å²) in [7, 11) is 1.82. The van der Waals surface area contributed by atoms with E-state index in [4.69, 9.17) is 5.73 Å². The Morgan fingerprint density at radius 1 is 1.44 bits per heavy atom. The predicted octanol–water partition coefficient (Wildman–Crippen LogP) is 0.432. The number of amides is 1. The number of aryl methyl sites for hydroxylation is 1. The zero-order valence-corrected chi connectivity index (χ0v) is 9.59. The fourth-order valence-electron chi connectivity index (χ4n) is 2.05. The number of carbonyl (C=O) groups is 1. The van der Waals surface area contributed by atoms with Crippen molar-refractivity contribution in [2.75, 3.05) is 13.1 Å². The van der Waals surface area contributed by atoms with Gasteiger partial charge in [-0.25, -0.2) is 0 Å². The monoisotopic (exact) mass is 222 g/mol. The van der Waals surface area contributed by atoms with Crippen molar-refractivity contribution in [2.45, 2.75) is 25.3 Å². The van der Waals surface area contributed by atoms with E-state index in [-0.39, 0.29) is 5.91 Å². The van der Waals surface area contributed by atoms with E-state index in [1.807, 2.05) is 11.9 Å². The van der Waals surface area contributed by atoms with Gasteiger partial charge in [-0.05, 0) is 19.3 Å². The molecule has 0 aromatic carbocycles. The average molecular weight is 222 g/mol. The van der Waals surface area contributed by atoms with E-state index in [9.17, 15) is 4.79 Å². The third-order valence-electron chi connectivity index (χ3n) is 3.02. The number of hydrogen-bond acceptors (Lipinski definition) is 3. The molecule has 1 aliphatic rings. The fourth-order valence-corrected chi connectivity index (χ4v) is 2.05. The van der Waals surface area contributed by atoms with E-state index in [1.54, 1.807) is 17.1 Å². The van der Waals surface area contributed by atoms with Crippen LogP contribution in [0.3, 0.4) is 0 Å². The Kier molecular flexibility index (Phi) is 3.24. The van der Waals surface area contributed by atoms with Crippen LogP contribution in [-0.2, 0) is 11.8 Å². The molecule has 1 atom stereocenters. The standard InChI is InChI=1S/C11H18N4O/c1-14-8-9(7-13-14)10(12)11(16)15-5-3-2-4-6-15/h7-8,10H,2-6,12H2,1H3.